The van der Waals surface area contributed by atoms with E-state index >= 15 is 0 Å². The number of nitrogens with zero attached hydrogens (tertiary/aromatic N) is 1. The van der Waals surface area contributed by atoms with Gasteiger partial charge in [-0.05, 0) is 31.0 Å². The summed E-state index contributed by atoms with van der Waals surface area (Å²) in [6, 6.07) is 4.99. The predicted molar refractivity (Wildman–Crippen MR) is 75.4 cm³/mol. The van der Waals surface area contributed by atoms with Crippen LogP contribution in [0.2, 0.25) is 5.02 Å². The van der Waals surface area contributed by atoms with Crippen molar-refractivity contribution in [3.8, 4) is 0 Å². The largest absolute Gasteiger partial charge is 0.481 e. The van der Waals surface area contributed by atoms with E-state index in [1.807, 2.05) is 0 Å². The molecule has 1 N–H and O–H groups in total. The van der Waals surface area contributed by atoms with Crippen molar-refractivity contribution in [2.45, 2.75) is 12.8 Å². The van der Waals surface area contributed by atoms with Gasteiger partial charge in [-0.3, -0.25) is 9.59 Å². The first-order chi connectivity index (χ1) is 8.97. The van der Waals surface area contributed by atoms with Crippen molar-refractivity contribution in [2.24, 2.45) is 5.92 Å². The molecule has 1 aliphatic rings. The van der Waals surface area contributed by atoms with Gasteiger partial charge in [0.2, 0.25) is 0 Å². The SMILES string of the molecule is O=C(O)[C@@H]1CCCN(C(=O)c2cc(Cl)cc(Br)c2)C1. The normalized spacial score (nSPS) is 19.3. The van der Waals surface area contributed by atoms with Crippen LogP contribution < -0.4 is 0 Å². The van der Waals surface area contributed by atoms with Gasteiger partial charge in [0.1, 0.15) is 0 Å². The number of benzene rings is 1. The Bertz CT molecular complexity index is 500. The Morgan fingerprint density at radius 2 is 2.11 bits per heavy atom. The highest BCUT2D eigenvalue weighted by Crippen LogP contribution is 2.23. The quantitative estimate of drug-likeness (QED) is 0.895. The summed E-state index contributed by atoms with van der Waals surface area (Å²) < 4.78 is 0.732. The Balaban J connectivity index is 2.16. The molecule has 0 bridgehead atoms. The highest BCUT2D eigenvalue weighted by molar-refractivity contribution is 9.10. The summed E-state index contributed by atoms with van der Waals surface area (Å²) in [5.41, 5.74) is 0.477. The zero-order valence-electron chi connectivity index (χ0n) is 10.1. The smallest absolute Gasteiger partial charge is 0.308 e. The third-order valence-electron chi connectivity index (χ3n) is 3.17. The van der Waals surface area contributed by atoms with Crippen molar-refractivity contribution in [1.82, 2.24) is 4.90 Å². The fraction of sp³-hybridized carbons (Fsp3) is 0.385. The molecule has 0 aromatic heterocycles. The molecule has 1 aliphatic heterocycles. The second-order valence-corrected chi connectivity index (χ2v) is 5.94. The lowest BCUT2D eigenvalue weighted by molar-refractivity contribution is -0.143. The van der Waals surface area contributed by atoms with Crippen LogP contribution in [0.3, 0.4) is 0 Å². The number of carboxylic acids is 1. The molecule has 19 heavy (non-hydrogen) atoms. The summed E-state index contributed by atoms with van der Waals surface area (Å²) >= 11 is 9.21. The Kier molecular flexibility index (Phi) is 4.47. The van der Waals surface area contributed by atoms with E-state index < -0.39 is 11.9 Å². The summed E-state index contributed by atoms with van der Waals surface area (Å²) in [7, 11) is 0. The minimum atomic E-state index is -0.843. The molecule has 2 rings (SSSR count). The van der Waals surface area contributed by atoms with Crippen LogP contribution in [0.25, 0.3) is 0 Å². The van der Waals surface area contributed by atoms with Crippen LogP contribution in [0.4, 0.5) is 0 Å². The molecule has 0 unspecified atom stereocenters. The molecule has 1 fully saturated rings. The summed E-state index contributed by atoms with van der Waals surface area (Å²) in [4.78, 5) is 24.9. The van der Waals surface area contributed by atoms with Gasteiger partial charge in [0.25, 0.3) is 5.91 Å². The number of rotatable bonds is 2. The second-order valence-electron chi connectivity index (χ2n) is 4.59. The van der Waals surface area contributed by atoms with Crippen LogP contribution in [0.15, 0.2) is 22.7 Å². The number of aliphatic carboxylic acids is 1. The molecule has 0 radical (unpaired) electrons. The third-order valence-corrected chi connectivity index (χ3v) is 3.84. The second kappa shape index (κ2) is 5.92. The first-order valence-corrected chi connectivity index (χ1v) is 7.12. The standard InChI is InChI=1S/C13H13BrClNO3/c14-10-4-9(5-11(15)6-10)12(17)16-3-1-2-8(7-16)13(18)19/h4-6,8H,1-3,7H2,(H,18,19)/t8-/m1/s1. The molecule has 1 aromatic carbocycles. The van der Waals surface area contributed by atoms with Gasteiger partial charge in [-0.15, -0.1) is 0 Å². The van der Waals surface area contributed by atoms with Crippen LogP contribution in [-0.4, -0.2) is 35.0 Å². The zero-order valence-corrected chi connectivity index (χ0v) is 12.4. The number of halogens is 2. The fourth-order valence-electron chi connectivity index (χ4n) is 2.22. The van der Waals surface area contributed by atoms with Gasteiger partial charge in [0.05, 0.1) is 5.92 Å². The average molecular weight is 347 g/mol. The van der Waals surface area contributed by atoms with Gasteiger partial charge in [-0.25, -0.2) is 0 Å². The van der Waals surface area contributed by atoms with E-state index in [0.717, 1.165) is 4.47 Å². The van der Waals surface area contributed by atoms with Crippen LogP contribution in [0, 0.1) is 5.92 Å². The number of carboxylic acid groups (broad SMARTS) is 1. The van der Waals surface area contributed by atoms with Crippen molar-refractivity contribution >= 4 is 39.4 Å². The van der Waals surface area contributed by atoms with Gasteiger partial charge in [-0.1, -0.05) is 27.5 Å². The Morgan fingerprint density at radius 1 is 1.37 bits per heavy atom. The van der Waals surface area contributed by atoms with E-state index in [0.29, 0.717) is 30.0 Å². The maximum absolute atomic E-state index is 12.3. The molecule has 1 atom stereocenters. The summed E-state index contributed by atoms with van der Waals surface area (Å²) in [6.07, 6.45) is 1.34. The third kappa shape index (κ3) is 3.48. The van der Waals surface area contributed by atoms with Crippen molar-refractivity contribution in [3.05, 3.63) is 33.3 Å². The van der Waals surface area contributed by atoms with Crippen molar-refractivity contribution in [1.29, 1.82) is 0 Å². The zero-order chi connectivity index (χ0) is 14.0. The summed E-state index contributed by atoms with van der Waals surface area (Å²) in [5.74, 6) is -1.49. The van der Waals surface area contributed by atoms with Gasteiger partial charge < -0.3 is 10.0 Å². The topological polar surface area (TPSA) is 57.6 Å². The van der Waals surface area contributed by atoms with Gasteiger partial charge in [0.15, 0.2) is 0 Å². The molecule has 1 heterocycles. The van der Waals surface area contributed by atoms with Crippen LogP contribution in [0.1, 0.15) is 23.2 Å². The lowest BCUT2D eigenvalue weighted by Crippen LogP contribution is -2.42. The van der Waals surface area contributed by atoms with E-state index in [9.17, 15) is 9.59 Å². The number of hydrogen-bond acceptors (Lipinski definition) is 2. The fourth-order valence-corrected chi connectivity index (χ4v) is 3.08. The van der Waals surface area contributed by atoms with Crippen molar-refractivity contribution in [2.75, 3.05) is 13.1 Å². The van der Waals surface area contributed by atoms with Crippen molar-refractivity contribution in [3.63, 3.8) is 0 Å². The van der Waals surface area contributed by atoms with Gasteiger partial charge >= 0.3 is 5.97 Å². The van der Waals surface area contributed by atoms with E-state index in [1.54, 1.807) is 23.1 Å². The number of amides is 1. The first kappa shape index (κ1) is 14.3. The number of carbonyl (C=O) groups is 2. The van der Waals surface area contributed by atoms with Crippen LogP contribution in [0.5, 0.6) is 0 Å². The molecule has 0 spiro atoms. The Hall–Kier alpha value is -1.07. The summed E-state index contributed by atoms with van der Waals surface area (Å²) in [5, 5.41) is 9.51. The number of hydrogen-bond donors (Lipinski definition) is 1. The number of carbonyl (C=O) groups excluding carboxylic acids is 1. The summed E-state index contributed by atoms with van der Waals surface area (Å²) in [6.45, 7) is 0.852. The highest BCUT2D eigenvalue weighted by Gasteiger charge is 2.28. The molecule has 102 valence electrons. The monoisotopic (exact) mass is 345 g/mol. The van der Waals surface area contributed by atoms with Gasteiger partial charge in [-0.2, -0.15) is 0 Å². The Labute approximate surface area is 124 Å². The minimum absolute atomic E-state index is 0.172. The molecule has 6 heteroatoms. The molecular formula is C13H13BrClNO3. The van der Waals surface area contributed by atoms with Crippen LogP contribution >= 0.6 is 27.5 Å². The van der Waals surface area contributed by atoms with E-state index in [4.69, 9.17) is 16.7 Å². The molecule has 0 saturated carbocycles. The molecule has 4 nitrogen and oxygen atoms in total. The highest BCUT2D eigenvalue weighted by atomic mass is 79.9. The van der Waals surface area contributed by atoms with E-state index in [2.05, 4.69) is 15.9 Å². The lowest BCUT2D eigenvalue weighted by Gasteiger charge is -2.30. The molecule has 1 saturated heterocycles. The average Bonchev–Trinajstić information content (AvgIpc) is 2.37. The number of piperidine rings is 1. The number of likely N-dealkylation sites (tertiary alicyclic amines) is 1. The molecule has 1 amide bonds. The maximum atomic E-state index is 12.3. The molecule has 1 aromatic rings. The van der Waals surface area contributed by atoms with E-state index in [-0.39, 0.29) is 12.5 Å². The van der Waals surface area contributed by atoms with Crippen LogP contribution in [-0.2, 0) is 4.79 Å². The Morgan fingerprint density at radius 3 is 2.74 bits per heavy atom. The van der Waals surface area contributed by atoms with Gasteiger partial charge in [0, 0.05) is 28.1 Å². The maximum Gasteiger partial charge on any atom is 0.308 e. The minimum Gasteiger partial charge on any atom is -0.481 e. The lowest BCUT2D eigenvalue weighted by atomic mass is 9.97. The molecular weight excluding hydrogens is 334 g/mol. The van der Waals surface area contributed by atoms with Crippen molar-refractivity contribution < 1.29 is 14.7 Å². The first-order valence-electron chi connectivity index (χ1n) is 5.95. The predicted octanol–water partition coefficient (Wildman–Crippen LogP) is 3.04. The molecule has 0 aliphatic carbocycles. The van der Waals surface area contributed by atoms with E-state index in [1.165, 1.54) is 0 Å².